The first-order valence-corrected chi connectivity index (χ1v) is 11.3. The second-order valence-electron chi connectivity index (χ2n) is 7.51. The van der Waals surface area contributed by atoms with Gasteiger partial charge >= 0.3 is 0 Å². The van der Waals surface area contributed by atoms with Crippen molar-refractivity contribution in [3.8, 4) is 0 Å². The Kier molecular flexibility index (Phi) is 8.07. The molecule has 0 spiro atoms. The Labute approximate surface area is 172 Å². The van der Waals surface area contributed by atoms with Crippen molar-refractivity contribution < 1.29 is 14.6 Å². The van der Waals surface area contributed by atoms with E-state index in [0.29, 0.717) is 19.6 Å². The molecule has 0 bridgehead atoms. The molecule has 0 saturated carbocycles. The van der Waals surface area contributed by atoms with Crippen LogP contribution >= 0.6 is 11.3 Å². The fourth-order valence-corrected chi connectivity index (χ4v) is 4.37. The molecule has 1 aliphatic heterocycles. The van der Waals surface area contributed by atoms with Crippen LogP contribution in [0.5, 0.6) is 0 Å². The van der Waals surface area contributed by atoms with Crippen LogP contribution in [0.15, 0.2) is 41.8 Å². The van der Waals surface area contributed by atoms with Gasteiger partial charge in [-0.25, -0.2) is 0 Å². The van der Waals surface area contributed by atoms with E-state index in [1.165, 1.54) is 24.1 Å². The van der Waals surface area contributed by atoms with Crippen LogP contribution in [-0.4, -0.2) is 23.7 Å². The molecule has 2 aromatic rings. The van der Waals surface area contributed by atoms with E-state index >= 15 is 0 Å². The van der Waals surface area contributed by atoms with Crippen molar-refractivity contribution in [2.45, 2.75) is 70.6 Å². The number of nitrogens with zero attached hydrogens (tertiary/aromatic N) is 1. The second-order valence-corrected chi connectivity index (χ2v) is 8.54. The van der Waals surface area contributed by atoms with Crippen LogP contribution in [0.3, 0.4) is 0 Å². The van der Waals surface area contributed by atoms with Gasteiger partial charge in [-0.3, -0.25) is 4.79 Å². The van der Waals surface area contributed by atoms with Crippen LogP contribution in [0, 0.1) is 0 Å². The number of hydrogen-bond acceptors (Lipinski definition) is 4. The first kappa shape index (κ1) is 21.0. The summed E-state index contributed by atoms with van der Waals surface area (Å²) in [6.07, 6.45) is 6.39. The van der Waals surface area contributed by atoms with Gasteiger partial charge in [0.1, 0.15) is 0 Å². The third-order valence-electron chi connectivity index (χ3n) is 5.35. The van der Waals surface area contributed by atoms with Gasteiger partial charge in [-0.2, -0.15) is 0 Å². The van der Waals surface area contributed by atoms with Gasteiger partial charge in [0.05, 0.1) is 25.4 Å². The normalized spacial score (nSPS) is 18.0. The maximum absolute atomic E-state index is 12.4. The molecule has 4 nitrogen and oxygen atoms in total. The van der Waals surface area contributed by atoms with Crippen LogP contribution in [0.4, 0.5) is 5.69 Å². The van der Waals surface area contributed by atoms with Gasteiger partial charge in [-0.1, -0.05) is 50.8 Å². The van der Waals surface area contributed by atoms with E-state index in [9.17, 15) is 9.90 Å². The minimum Gasteiger partial charge on any atom is -0.388 e. The van der Waals surface area contributed by atoms with Crippen LogP contribution in [0.2, 0.25) is 0 Å². The number of unbranched alkanes of at least 4 members (excludes halogenated alkanes) is 3. The van der Waals surface area contributed by atoms with Gasteiger partial charge in [0.25, 0.3) is 0 Å². The minimum atomic E-state index is -0.426. The average molecular weight is 402 g/mol. The van der Waals surface area contributed by atoms with Crippen LogP contribution in [-0.2, 0) is 16.1 Å². The number of anilines is 1. The Bertz CT molecular complexity index is 714. The van der Waals surface area contributed by atoms with Crippen molar-refractivity contribution in [3.63, 3.8) is 0 Å². The third-order valence-corrected chi connectivity index (χ3v) is 6.20. The highest BCUT2D eigenvalue weighted by Crippen LogP contribution is 2.29. The van der Waals surface area contributed by atoms with E-state index in [4.69, 9.17) is 4.74 Å². The van der Waals surface area contributed by atoms with Crippen molar-refractivity contribution in [1.82, 2.24) is 0 Å². The Morgan fingerprint density at radius 1 is 1.21 bits per heavy atom. The predicted molar refractivity (Wildman–Crippen MR) is 115 cm³/mol. The number of carbonyl (C=O) groups excluding carboxylic acids is 1. The zero-order valence-electron chi connectivity index (χ0n) is 16.7. The molecule has 1 amide bonds. The molecule has 0 unspecified atom stereocenters. The lowest BCUT2D eigenvalue weighted by Gasteiger charge is -2.25. The van der Waals surface area contributed by atoms with Crippen LogP contribution in [0.1, 0.15) is 68.4 Å². The zero-order valence-corrected chi connectivity index (χ0v) is 17.5. The number of benzene rings is 1. The summed E-state index contributed by atoms with van der Waals surface area (Å²) in [5.41, 5.74) is 1.83. The first-order chi connectivity index (χ1) is 13.7. The number of rotatable bonds is 11. The van der Waals surface area contributed by atoms with Gasteiger partial charge in [0.2, 0.25) is 5.91 Å². The number of aliphatic hydroxyl groups excluding tert-OH is 1. The highest BCUT2D eigenvalue weighted by atomic mass is 32.1. The molecule has 1 aromatic carbocycles. The van der Waals surface area contributed by atoms with Crippen LogP contribution in [0.25, 0.3) is 0 Å². The number of ether oxygens (including phenoxy) is 1. The summed E-state index contributed by atoms with van der Waals surface area (Å²) in [5, 5.41) is 12.4. The number of hydrogen-bond donors (Lipinski definition) is 1. The number of thiophene rings is 1. The Hall–Kier alpha value is -1.69. The summed E-state index contributed by atoms with van der Waals surface area (Å²) in [7, 11) is 0. The molecule has 1 aromatic heterocycles. The maximum Gasteiger partial charge on any atom is 0.227 e. The molecule has 0 radical (unpaired) electrons. The largest absolute Gasteiger partial charge is 0.388 e. The van der Waals surface area contributed by atoms with Gasteiger partial charge < -0.3 is 14.7 Å². The van der Waals surface area contributed by atoms with E-state index in [1.807, 2.05) is 40.6 Å². The zero-order chi connectivity index (χ0) is 19.8. The number of amides is 1. The van der Waals surface area contributed by atoms with Gasteiger partial charge in [0, 0.05) is 17.0 Å². The molecular weight excluding hydrogens is 370 g/mol. The second kappa shape index (κ2) is 10.7. The number of carbonyl (C=O) groups is 1. The molecule has 1 aliphatic rings. The van der Waals surface area contributed by atoms with Crippen molar-refractivity contribution in [2.75, 3.05) is 11.5 Å². The summed E-state index contributed by atoms with van der Waals surface area (Å²) in [6.45, 7) is 3.33. The first-order valence-electron chi connectivity index (χ1n) is 10.4. The quantitative estimate of drug-likeness (QED) is 0.508. The predicted octanol–water partition coefficient (Wildman–Crippen LogP) is 5.46. The standard InChI is InChI=1S/C23H31NO3S/c1-2-3-4-5-8-22(25)18-9-11-19(12-10-18)24-20(13-14-23(24)26)16-27-17-21-7-6-15-28-21/h6-7,9-12,15,20,22,25H,2-5,8,13-14,16-17H2,1H3/t20-,22+/m1/s1. The van der Waals surface area contributed by atoms with Gasteiger partial charge in [0.15, 0.2) is 0 Å². The summed E-state index contributed by atoms with van der Waals surface area (Å²) in [5.74, 6) is 0.151. The average Bonchev–Trinajstić information content (AvgIpc) is 3.35. The molecule has 152 valence electrons. The fraction of sp³-hybridized carbons (Fsp3) is 0.522. The van der Waals surface area contributed by atoms with E-state index in [2.05, 4.69) is 13.0 Å². The van der Waals surface area contributed by atoms with E-state index in [0.717, 1.165) is 30.5 Å². The molecule has 1 fully saturated rings. The van der Waals surface area contributed by atoms with Crippen molar-refractivity contribution in [3.05, 3.63) is 52.2 Å². The Morgan fingerprint density at radius 3 is 2.75 bits per heavy atom. The highest BCUT2D eigenvalue weighted by Gasteiger charge is 2.32. The third kappa shape index (κ3) is 5.66. The fourth-order valence-electron chi connectivity index (χ4n) is 3.73. The molecule has 28 heavy (non-hydrogen) atoms. The molecule has 1 N–H and O–H groups in total. The molecule has 3 rings (SSSR count). The lowest BCUT2D eigenvalue weighted by molar-refractivity contribution is -0.117. The van der Waals surface area contributed by atoms with Gasteiger partial charge in [-0.15, -0.1) is 11.3 Å². The minimum absolute atomic E-state index is 0.0808. The van der Waals surface area contributed by atoms with Gasteiger partial charge in [-0.05, 0) is 42.0 Å². The Morgan fingerprint density at radius 2 is 2.04 bits per heavy atom. The lowest BCUT2D eigenvalue weighted by Crippen LogP contribution is -2.36. The molecule has 1 saturated heterocycles. The SMILES string of the molecule is CCCCCC[C@H](O)c1ccc(N2C(=O)CC[C@@H]2COCc2cccs2)cc1. The van der Waals surface area contributed by atoms with E-state index in [1.54, 1.807) is 11.3 Å². The molecule has 5 heteroatoms. The molecular formula is C23H31NO3S. The van der Waals surface area contributed by atoms with Crippen molar-refractivity contribution >= 4 is 22.9 Å². The molecule has 2 atom stereocenters. The van der Waals surface area contributed by atoms with E-state index < -0.39 is 6.10 Å². The lowest BCUT2D eigenvalue weighted by atomic mass is 10.0. The summed E-state index contributed by atoms with van der Waals surface area (Å²) >= 11 is 1.69. The molecule has 2 heterocycles. The topological polar surface area (TPSA) is 49.8 Å². The summed E-state index contributed by atoms with van der Waals surface area (Å²) in [6, 6.07) is 12.0. The Balaban J connectivity index is 1.55. The summed E-state index contributed by atoms with van der Waals surface area (Å²) < 4.78 is 5.86. The maximum atomic E-state index is 12.4. The smallest absolute Gasteiger partial charge is 0.227 e. The van der Waals surface area contributed by atoms with Crippen molar-refractivity contribution in [1.29, 1.82) is 0 Å². The monoisotopic (exact) mass is 401 g/mol. The van der Waals surface area contributed by atoms with Crippen LogP contribution < -0.4 is 4.90 Å². The number of aliphatic hydroxyl groups is 1. The van der Waals surface area contributed by atoms with E-state index in [-0.39, 0.29) is 11.9 Å². The highest BCUT2D eigenvalue weighted by molar-refractivity contribution is 7.09. The van der Waals surface area contributed by atoms with Crippen molar-refractivity contribution in [2.24, 2.45) is 0 Å². The summed E-state index contributed by atoms with van der Waals surface area (Å²) in [4.78, 5) is 15.5. The molecule has 0 aliphatic carbocycles.